The summed E-state index contributed by atoms with van der Waals surface area (Å²) in [5.41, 5.74) is 2.22. The molecule has 2 atom stereocenters. The van der Waals surface area contributed by atoms with E-state index >= 15 is 0 Å². The number of ether oxygens (including phenoxy) is 1. The largest absolute Gasteiger partial charge is 0.361 e. The predicted octanol–water partition coefficient (Wildman–Crippen LogP) is 3.56. The van der Waals surface area contributed by atoms with E-state index in [0.29, 0.717) is 6.61 Å². The SMILES string of the molecule is CC(C)N1C(=O)[C@@H](OCc2ccccc2)[C@H]1c1ccccc1. The molecule has 0 aromatic heterocycles. The van der Waals surface area contributed by atoms with Gasteiger partial charge in [-0.1, -0.05) is 60.7 Å². The van der Waals surface area contributed by atoms with Crippen LogP contribution in [0.5, 0.6) is 0 Å². The average Bonchev–Trinajstić information content (AvgIpc) is 2.54. The number of β-lactam (4-membered cyclic amide) rings is 1. The van der Waals surface area contributed by atoms with Gasteiger partial charge in [-0.3, -0.25) is 4.79 Å². The molecule has 1 heterocycles. The Morgan fingerprint density at radius 3 is 2.18 bits per heavy atom. The molecule has 2 aromatic rings. The van der Waals surface area contributed by atoms with Crippen LogP contribution >= 0.6 is 0 Å². The molecule has 3 nitrogen and oxygen atoms in total. The first-order valence-corrected chi connectivity index (χ1v) is 7.71. The Bertz CT molecular complexity index is 624. The lowest BCUT2D eigenvalue weighted by Gasteiger charge is -2.49. The number of carbonyl (C=O) groups excluding carboxylic acids is 1. The van der Waals surface area contributed by atoms with Crippen molar-refractivity contribution >= 4 is 5.91 Å². The third-order valence-corrected chi connectivity index (χ3v) is 4.05. The Morgan fingerprint density at radius 1 is 1.00 bits per heavy atom. The van der Waals surface area contributed by atoms with Gasteiger partial charge in [0, 0.05) is 6.04 Å². The molecule has 3 rings (SSSR count). The van der Waals surface area contributed by atoms with E-state index in [9.17, 15) is 4.79 Å². The van der Waals surface area contributed by atoms with Crippen LogP contribution in [-0.2, 0) is 16.1 Å². The third kappa shape index (κ3) is 2.77. The van der Waals surface area contributed by atoms with Crippen LogP contribution in [0.2, 0.25) is 0 Å². The second-order valence-corrected chi connectivity index (χ2v) is 5.91. The van der Waals surface area contributed by atoms with Crippen molar-refractivity contribution in [3.05, 3.63) is 71.8 Å². The quantitative estimate of drug-likeness (QED) is 0.789. The molecule has 1 amide bonds. The minimum atomic E-state index is -0.384. The molecule has 114 valence electrons. The van der Waals surface area contributed by atoms with Gasteiger partial charge in [-0.05, 0) is 25.0 Å². The van der Waals surface area contributed by atoms with E-state index in [2.05, 4.69) is 12.1 Å². The highest BCUT2D eigenvalue weighted by Gasteiger charge is 2.49. The number of hydrogen-bond donors (Lipinski definition) is 0. The lowest BCUT2D eigenvalue weighted by atomic mass is 9.89. The summed E-state index contributed by atoms with van der Waals surface area (Å²) in [7, 11) is 0. The first kappa shape index (κ1) is 14.8. The van der Waals surface area contributed by atoms with Gasteiger partial charge in [0.2, 0.25) is 0 Å². The summed E-state index contributed by atoms with van der Waals surface area (Å²) < 4.78 is 5.93. The summed E-state index contributed by atoms with van der Waals surface area (Å²) in [6.07, 6.45) is -0.384. The molecule has 1 saturated heterocycles. The van der Waals surface area contributed by atoms with Gasteiger partial charge in [0.25, 0.3) is 5.91 Å². The van der Waals surface area contributed by atoms with E-state index in [1.165, 1.54) is 0 Å². The van der Waals surface area contributed by atoms with Gasteiger partial charge in [0.05, 0.1) is 12.6 Å². The number of likely N-dealkylation sites (tertiary alicyclic amines) is 1. The fourth-order valence-corrected chi connectivity index (χ4v) is 2.97. The second kappa shape index (κ2) is 6.32. The van der Waals surface area contributed by atoms with E-state index in [1.54, 1.807) is 0 Å². The first-order chi connectivity index (χ1) is 10.7. The van der Waals surface area contributed by atoms with Crippen LogP contribution in [0.1, 0.15) is 31.0 Å². The molecule has 0 saturated carbocycles. The van der Waals surface area contributed by atoms with Crippen LogP contribution in [0.3, 0.4) is 0 Å². The van der Waals surface area contributed by atoms with Gasteiger partial charge in [-0.15, -0.1) is 0 Å². The molecule has 1 fully saturated rings. The number of rotatable bonds is 5. The van der Waals surface area contributed by atoms with Crippen molar-refractivity contribution in [1.29, 1.82) is 0 Å². The molecule has 0 N–H and O–H groups in total. The summed E-state index contributed by atoms with van der Waals surface area (Å²) in [6.45, 7) is 4.55. The zero-order chi connectivity index (χ0) is 15.5. The molecule has 0 unspecified atom stereocenters. The van der Waals surface area contributed by atoms with Crippen molar-refractivity contribution in [2.45, 2.75) is 38.6 Å². The van der Waals surface area contributed by atoms with Crippen LogP contribution < -0.4 is 0 Å². The predicted molar refractivity (Wildman–Crippen MR) is 86.2 cm³/mol. The first-order valence-electron chi connectivity index (χ1n) is 7.71. The van der Waals surface area contributed by atoms with Crippen LogP contribution in [-0.4, -0.2) is 23.0 Å². The highest BCUT2D eigenvalue weighted by atomic mass is 16.5. The molecule has 22 heavy (non-hydrogen) atoms. The van der Waals surface area contributed by atoms with Crippen molar-refractivity contribution in [3.8, 4) is 0 Å². The molecule has 0 radical (unpaired) electrons. The fraction of sp³-hybridized carbons (Fsp3) is 0.316. The van der Waals surface area contributed by atoms with E-state index in [-0.39, 0.29) is 24.1 Å². The normalized spacial score (nSPS) is 21.0. The third-order valence-electron chi connectivity index (χ3n) is 4.05. The maximum Gasteiger partial charge on any atom is 0.255 e. The van der Waals surface area contributed by atoms with Crippen molar-refractivity contribution in [1.82, 2.24) is 4.90 Å². The van der Waals surface area contributed by atoms with Crippen LogP contribution in [0.4, 0.5) is 0 Å². The number of hydrogen-bond acceptors (Lipinski definition) is 2. The highest BCUT2D eigenvalue weighted by Crippen LogP contribution is 2.38. The number of carbonyl (C=O) groups is 1. The smallest absolute Gasteiger partial charge is 0.255 e. The Labute approximate surface area is 131 Å². The van der Waals surface area contributed by atoms with Crippen LogP contribution in [0, 0.1) is 0 Å². The van der Waals surface area contributed by atoms with Gasteiger partial charge in [0.1, 0.15) is 0 Å². The van der Waals surface area contributed by atoms with Crippen LogP contribution in [0.25, 0.3) is 0 Å². The Morgan fingerprint density at radius 2 is 1.59 bits per heavy atom. The average molecular weight is 295 g/mol. The second-order valence-electron chi connectivity index (χ2n) is 5.91. The molecule has 3 heteroatoms. The highest BCUT2D eigenvalue weighted by molar-refractivity contribution is 5.89. The van der Waals surface area contributed by atoms with Gasteiger partial charge in [-0.2, -0.15) is 0 Å². The van der Waals surface area contributed by atoms with Gasteiger partial charge >= 0.3 is 0 Å². The van der Waals surface area contributed by atoms with E-state index in [1.807, 2.05) is 67.3 Å². The monoisotopic (exact) mass is 295 g/mol. The van der Waals surface area contributed by atoms with E-state index in [0.717, 1.165) is 11.1 Å². The standard InChI is InChI=1S/C19H21NO2/c1-14(2)20-17(16-11-7-4-8-12-16)18(19(20)21)22-13-15-9-5-3-6-10-15/h3-12,14,17-18H,13H2,1-2H3/t17-,18+/m1/s1. The number of amides is 1. The number of nitrogens with zero attached hydrogens (tertiary/aromatic N) is 1. The summed E-state index contributed by atoms with van der Waals surface area (Å²) in [4.78, 5) is 14.3. The molecular weight excluding hydrogens is 274 g/mol. The Hall–Kier alpha value is -2.13. The maximum absolute atomic E-state index is 12.4. The molecule has 0 spiro atoms. The minimum absolute atomic E-state index is 0.0115. The summed E-state index contributed by atoms with van der Waals surface area (Å²) >= 11 is 0. The lowest BCUT2D eigenvalue weighted by molar-refractivity contribution is -0.180. The molecule has 0 bridgehead atoms. The minimum Gasteiger partial charge on any atom is -0.361 e. The summed E-state index contributed by atoms with van der Waals surface area (Å²) in [6, 6.07) is 20.3. The van der Waals surface area contributed by atoms with Gasteiger partial charge < -0.3 is 9.64 Å². The van der Waals surface area contributed by atoms with Gasteiger partial charge in [0.15, 0.2) is 6.10 Å². The van der Waals surface area contributed by atoms with E-state index < -0.39 is 0 Å². The zero-order valence-corrected chi connectivity index (χ0v) is 13.0. The van der Waals surface area contributed by atoms with Crippen LogP contribution in [0.15, 0.2) is 60.7 Å². The van der Waals surface area contributed by atoms with Crippen molar-refractivity contribution in [3.63, 3.8) is 0 Å². The molecule has 1 aliphatic rings. The molecule has 1 aliphatic heterocycles. The topological polar surface area (TPSA) is 29.5 Å². The summed E-state index contributed by atoms with van der Waals surface area (Å²) in [5, 5.41) is 0. The Balaban J connectivity index is 1.76. The summed E-state index contributed by atoms with van der Waals surface area (Å²) in [5.74, 6) is 0.0831. The van der Waals surface area contributed by atoms with Gasteiger partial charge in [-0.25, -0.2) is 0 Å². The number of benzene rings is 2. The van der Waals surface area contributed by atoms with E-state index in [4.69, 9.17) is 4.74 Å². The van der Waals surface area contributed by atoms with Crippen molar-refractivity contribution in [2.24, 2.45) is 0 Å². The molecule has 2 aromatic carbocycles. The molecule has 0 aliphatic carbocycles. The van der Waals surface area contributed by atoms with Crippen molar-refractivity contribution in [2.75, 3.05) is 0 Å². The lowest BCUT2D eigenvalue weighted by Crippen LogP contribution is -2.62. The molecular formula is C19H21NO2. The Kier molecular flexibility index (Phi) is 4.25. The fourth-order valence-electron chi connectivity index (χ4n) is 2.97. The van der Waals surface area contributed by atoms with Crippen molar-refractivity contribution < 1.29 is 9.53 Å². The zero-order valence-electron chi connectivity index (χ0n) is 13.0. The maximum atomic E-state index is 12.4.